The molecule has 0 unspecified atom stereocenters. The Morgan fingerprint density at radius 2 is 0.717 bits per heavy atom. The summed E-state index contributed by atoms with van der Waals surface area (Å²) in [6.07, 6.45) is 0. The van der Waals surface area contributed by atoms with Gasteiger partial charge in [0.2, 0.25) is 0 Å². The maximum absolute atomic E-state index is 2.35. The number of benzene rings is 7. The average molecular weight is 593 g/mol. The normalized spacial score (nSPS) is 10.8. The van der Waals surface area contributed by atoms with Gasteiger partial charge < -0.3 is 9.80 Å². The Labute approximate surface area is 272 Å². The largest absolute Gasteiger partial charge is 0.345 e. The van der Waals surface area contributed by atoms with Crippen LogP contribution in [0.4, 0.5) is 28.4 Å². The molecule has 0 aromatic heterocycles. The third-order valence-corrected chi connectivity index (χ3v) is 8.53. The smallest absolute Gasteiger partial charge is 0.0467 e. The maximum atomic E-state index is 2.35. The summed E-state index contributed by atoms with van der Waals surface area (Å²) in [6, 6.07) is 65.1. The minimum atomic E-state index is 1.11. The standard InChI is InChI=1S/C44H36N2/c1-33-12-9-19-42(30-33)45(2)40-26-22-36(23-27-40)37-24-28-41(29-25-37)46(43-20-10-17-38(31-43)34-13-5-3-6-14-34)44-21-11-18-39(32-44)35-15-7-4-8-16-35/h3-32H,1-2H3. The lowest BCUT2D eigenvalue weighted by Gasteiger charge is -2.27. The number of anilines is 5. The Balaban J connectivity index is 1.24. The van der Waals surface area contributed by atoms with Crippen molar-refractivity contribution in [3.63, 3.8) is 0 Å². The summed E-state index contributed by atoms with van der Waals surface area (Å²) >= 11 is 0. The van der Waals surface area contributed by atoms with E-state index < -0.39 is 0 Å². The fourth-order valence-electron chi connectivity index (χ4n) is 6.02. The molecule has 0 fully saturated rings. The SMILES string of the molecule is Cc1cccc(N(C)c2ccc(-c3ccc(N(c4cccc(-c5ccccc5)c4)c4cccc(-c5ccccc5)c4)cc3)cc2)c1. The van der Waals surface area contributed by atoms with Gasteiger partial charge >= 0.3 is 0 Å². The van der Waals surface area contributed by atoms with E-state index in [1.165, 1.54) is 44.6 Å². The molecule has 0 N–H and O–H groups in total. The highest BCUT2D eigenvalue weighted by molar-refractivity contribution is 5.83. The summed E-state index contributed by atoms with van der Waals surface area (Å²) in [5, 5.41) is 0. The summed E-state index contributed by atoms with van der Waals surface area (Å²) in [4.78, 5) is 4.58. The molecule has 0 aliphatic rings. The van der Waals surface area contributed by atoms with Crippen molar-refractivity contribution in [1.29, 1.82) is 0 Å². The third-order valence-electron chi connectivity index (χ3n) is 8.53. The predicted octanol–water partition coefficient (Wildman–Crippen LogP) is 12.2. The Bertz CT molecular complexity index is 1960. The molecule has 0 radical (unpaired) electrons. The van der Waals surface area contributed by atoms with Gasteiger partial charge in [-0.2, -0.15) is 0 Å². The van der Waals surface area contributed by atoms with E-state index in [9.17, 15) is 0 Å². The van der Waals surface area contributed by atoms with E-state index >= 15 is 0 Å². The summed E-state index contributed by atoms with van der Waals surface area (Å²) in [7, 11) is 2.12. The first-order valence-corrected chi connectivity index (χ1v) is 15.7. The summed E-state index contributed by atoms with van der Waals surface area (Å²) in [6.45, 7) is 2.13. The molecule has 0 amide bonds. The van der Waals surface area contributed by atoms with E-state index in [2.05, 4.69) is 206 Å². The monoisotopic (exact) mass is 592 g/mol. The molecule has 0 aliphatic heterocycles. The fraction of sp³-hybridized carbons (Fsp3) is 0.0455. The van der Waals surface area contributed by atoms with Crippen LogP contribution in [0.15, 0.2) is 182 Å². The molecule has 2 nitrogen and oxygen atoms in total. The molecular weight excluding hydrogens is 556 g/mol. The first-order valence-electron chi connectivity index (χ1n) is 15.7. The van der Waals surface area contributed by atoms with Gasteiger partial charge in [0.05, 0.1) is 0 Å². The second-order valence-electron chi connectivity index (χ2n) is 11.7. The number of rotatable bonds is 8. The Kier molecular flexibility index (Phi) is 8.17. The summed E-state index contributed by atoms with van der Waals surface area (Å²) < 4.78 is 0. The first kappa shape index (κ1) is 28.9. The van der Waals surface area contributed by atoms with Crippen LogP contribution in [-0.4, -0.2) is 7.05 Å². The van der Waals surface area contributed by atoms with Gasteiger partial charge in [0, 0.05) is 35.5 Å². The van der Waals surface area contributed by atoms with Crippen LogP contribution in [0, 0.1) is 6.92 Å². The first-order chi connectivity index (χ1) is 22.6. The highest BCUT2D eigenvalue weighted by Gasteiger charge is 2.15. The van der Waals surface area contributed by atoms with Gasteiger partial charge in [-0.3, -0.25) is 0 Å². The van der Waals surface area contributed by atoms with Crippen molar-refractivity contribution < 1.29 is 0 Å². The zero-order chi connectivity index (χ0) is 31.3. The van der Waals surface area contributed by atoms with Crippen LogP contribution in [-0.2, 0) is 0 Å². The second-order valence-corrected chi connectivity index (χ2v) is 11.7. The van der Waals surface area contributed by atoms with Gasteiger partial charge in [-0.15, -0.1) is 0 Å². The highest BCUT2D eigenvalue weighted by Crippen LogP contribution is 2.39. The van der Waals surface area contributed by atoms with Gasteiger partial charge in [0.15, 0.2) is 0 Å². The van der Waals surface area contributed by atoms with Crippen molar-refractivity contribution in [3.8, 4) is 33.4 Å². The average Bonchev–Trinajstić information content (AvgIpc) is 3.13. The van der Waals surface area contributed by atoms with Gasteiger partial charge in [0.25, 0.3) is 0 Å². The van der Waals surface area contributed by atoms with E-state index in [-0.39, 0.29) is 0 Å². The number of aryl methyl sites for hydroxylation is 1. The number of hydrogen-bond donors (Lipinski definition) is 0. The van der Waals surface area contributed by atoms with Crippen LogP contribution in [0.3, 0.4) is 0 Å². The van der Waals surface area contributed by atoms with E-state index in [1.807, 2.05) is 0 Å². The van der Waals surface area contributed by atoms with Crippen molar-refractivity contribution in [1.82, 2.24) is 0 Å². The van der Waals surface area contributed by atoms with E-state index in [0.717, 1.165) is 22.7 Å². The second kappa shape index (κ2) is 13.0. The lowest BCUT2D eigenvalue weighted by atomic mass is 10.0. The topological polar surface area (TPSA) is 6.48 Å². The van der Waals surface area contributed by atoms with Crippen LogP contribution in [0.5, 0.6) is 0 Å². The third kappa shape index (κ3) is 6.20. The van der Waals surface area contributed by atoms with Gasteiger partial charge in [-0.25, -0.2) is 0 Å². The molecule has 0 aliphatic carbocycles. The number of nitrogens with zero attached hydrogens (tertiary/aromatic N) is 2. The highest BCUT2D eigenvalue weighted by atomic mass is 15.1. The van der Waals surface area contributed by atoms with Crippen molar-refractivity contribution >= 4 is 28.4 Å². The van der Waals surface area contributed by atoms with Crippen molar-refractivity contribution in [2.45, 2.75) is 6.92 Å². The molecule has 0 spiro atoms. The lowest BCUT2D eigenvalue weighted by molar-refractivity contribution is 1.20. The van der Waals surface area contributed by atoms with Crippen LogP contribution in [0.2, 0.25) is 0 Å². The van der Waals surface area contributed by atoms with Gasteiger partial charge in [0.1, 0.15) is 0 Å². The molecule has 2 heteroatoms. The minimum absolute atomic E-state index is 1.11. The van der Waals surface area contributed by atoms with Crippen molar-refractivity contribution in [2.24, 2.45) is 0 Å². The summed E-state index contributed by atoms with van der Waals surface area (Å²) in [5.74, 6) is 0. The fourth-order valence-corrected chi connectivity index (χ4v) is 6.02. The predicted molar refractivity (Wildman–Crippen MR) is 197 cm³/mol. The molecule has 46 heavy (non-hydrogen) atoms. The quantitative estimate of drug-likeness (QED) is 0.173. The van der Waals surface area contributed by atoms with E-state index in [1.54, 1.807) is 0 Å². The molecular formula is C44H36N2. The molecule has 222 valence electrons. The van der Waals surface area contributed by atoms with Crippen LogP contribution < -0.4 is 9.80 Å². The molecule has 0 saturated carbocycles. The van der Waals surface area contributed by atoms with E-state index in [0.29, 0.717) is 0 Å². The molecule has 7 aromatic carbocycles. The van der Waals surface area contributed by atoms with Gasteiger partial charge in [-0.1, -0.05) is 121 Å². The lowest BCUT2D eigenvalue weighted by Crippen LogP contribution is -2.10. The zero-order valence-electron chi connectivity index (χ0n) is 26.2. The summed E-state index contributed by atoms with van der Waals surface area (Å²) in [5.41, 5.74) is 14.1. The molecule has 0 heterocycles. The zero-order valence-corrected chi connectivity index (χ0v) is 26.2. The Morgan fingerprint density at radius 3 is 1.22 bits per heavy atom. The van der Waals surface area contributed by atoms with Crippen molar-refractivity contribution in [2.75, 3.05) is 16.8 Å². The molecule has 7 aromatic rings. The molecule has 0 bridgehead atoms. The van der Waals surface area contributed by atoms with E-state index in [4.69, 9.17) is 0 Å². The Hall–Kier alpha value is -5.86. The van der Waals surface area contributed by atoms with Crippen LogP contribution in [0.1, 0.15) is 5.56 Å². The van der Waals surface area contributed by atoms with Gasteiger partial charge in [-0.05, 0) is 107 Å². The number of hydrogen-bond acceptors (Lipinski definition) is 2. The maximum Gasteiger partial charge on any atom is 0.0467 e. The Morgan fingerprint density at radius 1 is 0.304 bits per heavy atom. The molecule has 7 rings (SSSR count). The molecule has 0 atom stereocenters. The van der Waals surface area contributed by atoms with Crippen LogP contribution >= 0.6 is 0 Å². The van der Waals surface area contributed by atoms with Crippen LogP contribution in [0.25, 0.3) is 33.4 Å². The molecule has 0 saturated heterocycles. The minimum Gasteiger partial charge on any atom is -0.345 e. The van der Waals surface area contributed by atoms with Crippen molar-refractivity contribution in [3.05, 3.63) is 188 Å².